The fourth-order valence-corrected chi connectivity index (χ4v) is 1.52. The highest BCUT2D eigenvalue weighted by Gasteiger charge is 2.13. The number of nitrogens with one attached hydrogen (secondary N) is 1. The van der Waals surface area contributed by atoms with E-state index in [0.29, 0.717) is 5.69 Å². The van der Waals surface area contributed by atoms with Gasteiger partial charge in [0.1, 0.15) is 11.5 Å². The summed E-state index contributed by atoms with van der Waals surface area (Å²) in [4.78, 5) is 11.8. The fraction of sp³-hybridized carbons (Fsp3) is 0.167. The smallest absolute Gasteiger partial charge is 0.274 e. The summed E-state index contributed by atoms with van der Waals surface area (Å²) in [6.45, 7) is 1.79. The summed E-state index contributed by atoms with van der Waals surface area (Å²) >= 11 is 0. The highest BCUT2D eigenvalue weighted by atomic mass is 19.1. The molecule has 0 saturated heterocycles. The molecule has 1 aromatic heterocycles. The summed E-state index contributed by atoms with van der Waals surface area (Å²) < 4.78 is 14.8. The second-order valence-corrected chi connectivity index (χ2v) is 3.65. The van der Waals surface area contributed by atoms with Gasteiger partial charge >= 0.3 is 0 Å². The minimum atomic E-state index is -0.490. The summed E-state index contributed by atoms with van der Waals surface area (Å²) in [6, 6.07) is 8.41. The molecular formula is C12H11FN3O. The lowest BCUT2D eigenvalue weighted by Gasteiger charge is -2.05. The van der Waals surface area contributed by atoms with E-state index in [-0.39, 0.29) is 5.69 Å². The third-order valence-electron chi connectivity index (χ3n) is 2.29. The molecule has 1 amide bonds. The molecule has 0 bridgehead atoms. The first-order chi connectivity index (χ1) is 8.08. The number of halogens is 1. The third kappa shape index (κ3) is 2.33. The molecule has 0 aliphatic rings. The molecule has 1 radical (unpaired) electrons. The molecule has 2 aromatic rings. The van der Waals surface area contributed by atoms with Gasteiger partial charge in [-0.25, -0.2) is 4.39 Å². The maximum Gasteiger partial charge on any atom is 0.274 e. The van der Waals surface area contributed by atoms with Crippen LogP contribution in [0.4, 0.5) is 10.1 Å². The average Bonchev–Trinajstić information content (AvgIpc) is 2.61. The second kappa shape index (κ2) is 4.37. The van der Waals surface area contributed by atoms with Crippen molar-refractivity contribution in [2.24, 2.45) is 7.05 Å². The van der Waals surface area contributed by atoms with Gasteiger partial charge in [0.25, 0.3) is 5.91 Å². The van der Waals surface area contributed by atoms with Gasteiger partial charge in [-0.15, -0.1) is 0 Å². The normalized spacial score (nSPS) is 10.3. The van der Waals surface area contributed by atoms with Crippen LogP contribution < -0.4 is 5.32 Å². The first-order valence-corrected chi connectivity index (χ1v) is 5.05. The van der Waals surface area contributed by atoms with Gasteiger partial charge in [0.15, 0.2) is 0 Å². The molecule has 17 heavy (non-hydrogen) atoms. The van der Waals surface area contributed by atoms with E-state index in [0.717, 1.165) is 5.69 Å². The Morgan fingerprint density at radius 2 is 2.35 bits per heavy atom. The first-order valence-electron chi connectivity index (χ1n) is 5.05. The molecular weight excluding hydrogens is 221 g/mol. The standard InChI is InChI=1S/C12H11FN3O/c1-8-7-11(16(2)15-8)12(17)14-10-6-4-3-5-9(10)13/h3,5-7H,1-2H3,(H,14,17). The van der Waals surface area contributed by atoms with Crippen molar-refractivity contribution < 1.29 is 9.18 Å². The van der Waals surface area contributed by atoms with Gasteiger partial charge in [0, 0.05) is 7.05 Å². The van der Waals surface area contributed by atoms with Gasteiger partial charge in [-0.2, -0.15) is 5.10 Å². The largest absolute Gasteiger partial charge is 0.318 e. The molecule has 0 saturated carbocycles. The van der Waals surface area contributed by atoms with Crippen molar-refractivity contribution in [1.29, 1.82) is 0 Å². The van der Waals surface area contributed by atoms with Crippen molar-refractivity contribution in [3.63, 3.8) is 0 Å². The summed E-state index contributed by atoms with van der Waals surface area (Å²) in [7, 11) is 1.66. The van der Waals surface area contributed by atoms with Crippen molar-refractivity contribution in [3.05, 3.63) is 47.5 Å². The average molecular weight is 232 g/mol. The van der Waals surface area contributed by atoms with Crippen molar-refractivity contribution in [1.82, 2.24) is 9.78 Å². The van der Waals surface area contributed by atoms with E-state index in [4.69, 9.17) is 0 Å². The predicted molar refractivity (Wildman–Crippen MR) is 61.1 cm³/mol. The molecule has 1 heterocycles. The number of aromatic nitrogens is 2. The highest BCUT2D eigenvalue weighted by molar-refractivity contribution is 6.03. The maximum atomic E-state index is 13.3. The van der Waals surface area contributed by atoms with Crippen molar-refractivity contribution in [2.45, 2.75) is 6.92 Å². The summed E-state index contributed by atoms with van der Waals surface area (Å²) in [5.74, 6) is -0.886. The quantitative estimate of drug-likeness (QED) is 0.859. The van der Waals surface area contributed by atoms with Crippen molar-refractivity contribution in [2.75, 3.05) is 5.32 Å². The van der Waals surface area contributed by atoms with E-state index in [1.165, 1.54) is 22.9 Å². The van der Waals surface area contributed by atoms with Crippen LogP contribution in [0, 0.1) is 18.8 Å². The molecule has 0 spiro atoms. The molecule has 0 fully saturated rings. The highest BCUT2D eigenvalue weighted by Crippen LogP contribution is 2.13. The van der Waals surface area contributed by atoms with Crippen molar-refractivity contribution in [3.8, 4) is 0 Å². The number of nitrogens with zero attached hydrogens (tertiary/aromatic N) is 2. The van der Waals surface area contributed by atoms with Crippen LogP contribution in [-0.2, 0) is 7.05 Å². The lowest BCUT2D eigenvalue weighted by Crippen LogP contribution is -2.16. The molecule has 4 nitrogen and oxygen atoms in total. The van der Waals surface area contributed by atoms with E-state index in [9.17, 15) is 9.18 Å². The number of carbonyl (C=O) groups is 1. The minimum absolute atomic E-state index is 0.108. The molecule has 1 aromatic carbocycles. The number of carbonyl (C=O) groups excluding carboxylic acids is 1. The van der Waals surface area contributed by atoms with E-state index in [1.54, 1.807) is 20.0 Å². The second-order valence-electron chi connectivity index (χ2n) is 3.65. The van der Waals surface area contributed by atoms with Crippen LogP contribution in [0.1, 0.15) is 16.2 Å². The monoisotopic (exact) mass is 232 g/mol. The molecule has 5 heteroatoms. The Kier molecular flexibility index (Phi) is 2.91. The topological polar surface area (TPSA) is 46.9 Å². The predicted octanol–water partition coefficient (Wildman–Crippen LogP) is 1.92. The van der Waals surface area contributed by atoms with Crippen LogP contribution in [0.15, 0.2) is 24.3 Å². The summed E-state index contributed by atoms with van der Waals surface area (Å²) in [5.41, 5.74) is 1.22. The number of hydrogen-bond acceptors (Lipinski definition) is 2. The number of rotatable bonds is 2. The lowest BCUT2D eigenvalue weighted by atomic mass is 10.3. The van der Waals surface area contributed by atoms with Crippen LogP contribution in [0.3, 0.4) is 0 Å². The SMILES string of the molecule is Cc1cc(C(=O)Nc2c[c]ccc2F)n(C)n1. The zero-order chi connectivity index (χ0) is 12.4. The van der Waals surface area contributed by atoms with E-state index in [2.05, 4.69) is 16.5 Å². The van der Waals surface area contributed by atoms with Gasteiger partial charge in [-0.3, -0.25) is 9.48 Å². The van der Waals surface area contributed by atoms with Crippen LogP contribution in [0.25, 0.3) is 0 Å². The Bertz CT molecular complexity index is 563. The van der Waals surface area contributed by atoms with Gasteiger partial charge < -0.3 is 5.32 Å². The van der Waals surface area contributed by atoms with Gasteiger partial charge in [0.05, 0.1) is 11.4 Å². The Balaban J connectivity index is 2.23. The molecule has 0 atom stereocenters. The van der Waals surface area contributed by atoms with Crippen LogP contribution >= 0.6 is 0 Å². The van der Waals surface area contributed by atoms with Crippen LogP contribution in [-0.4, -0.2) is 15.7 Å². The molecule has 1 N–H and O–H groups in total. The number of hydrogen-bond donors (Lipinski definition) is 1. The minimum Gasteiger partial charge on any atom is -0.318 e. The van der Waals surface area contributed by atoms with Crippen LogP contribution in [0.2, 0.25) is 0 Å². The third-order valence-corrected chi connectivity index (χ3v) is 2.29. The molecule has 0 unspecified atom stereocenters. The lowest BCUT2D eigenvalue weighted by molar-refractivity contribution is 0.101. The zero-order valence-corrected chi connectivity index (χ0v) is 9.49. The van der Waals surface area contributed by atoms with E-state index >= 15 is 0 Å². The van der Waals surface area contributed by atoms with E-state index < -0.39 is 11.7 Å². The first kappa shape index (κ1) is 11.3. The molecule has 0 aliphatic heterocycles. The number of benzene rings is 1. The van der Waals surface area contributed by atoms with Gasteiger partial charge in [0.2, 0.25) is 0 Å². The maximum absolute atomic E-state index is 13.3. The Hall–Kier alpha value is -2.17. The number of amides is 1. The number of aryl methyl sites for hydroxylation is 2. The number of anilines is 1. The summed E-state index contributed by atoms with van der Waals surface area (Å²) in [5, 5.41) is 6.53. The van der Waals surface area contributed by atoms with Gasteiger partial charge in [-0.05, 0) is 31.2 Å². The zero-order valence-electron chi connectivity index (χ0n) is 9.49. The Morgan fingerprint density at radius 3 is 2.94 bits per heavy atom. The molecule has 0 aliphatic carbocycles. The van der Waals surface area contributed by atoms with E-state index in [1.807, 2.05) is 0 Å². The van der Waals surface area contributed by atoms with Crippen molar-refractivity contribution >= 4 is 11.6 Å². The molecule has 87 valence electrons. The summed E-state index contributed by atoms with van der Waals surface area (Å²) in [6.07, 6.45) is 0. The Morgan fingerprint density at radius 1 is 1.59 bits per heavy atom. The molecule has 2 rings (SSSR count). The van der Waals surface area contributed by atoms with Gasteiger partial charge in [-0.1, -0.05) is 6.07 Å². The van der Waals surface area contributed by atoms with Crippen LogP contribution in [0.5, 0.6) is 0 Å². The fourth-order valence-electron chi connectivity index (χ4n) is 1.52. The Labute approximate surface area is 98.1 Å².